The average Bonchev–Trinajstić information content (AvgIpc) is 2.29. The summed E-state index contributed by atoms with van der Waals surface area (Å²) in [6, 6.07) is 5.94. The largest absolute Gasteiger partial charge is 0.264 e. The highest BCUT2D eigenvalue weighted by molar-refractivity contribution is 5.58. The summed E-state index contributed by atoms with van der Waals surface area (Å²) in [5.41, 5.74) is 3.99. The number of hydrogen-bond donors (Lipinski definition) is 2. The quantitative estimate of drug-likeness (QED) is 0.606. The zero-order chi connectivity index (χ0) is 12.3. The van der Waals surface area contributed by atoms with Gasteiger partial charge < -0.3 is 0 Å². The van der Waals surface area contributed by atoms with Crippen molar-refractivity contribution in [2.75, 3.05) is 0 Å². The van der Waals surface area contributed by atoms with Gasteiger partial charge in [0.25, 0.3) is 0 Å². The summed E-state index contributed by atoms with van der Waals surface area (Å²) in [5, 5.41) is 1.13. The molecule has 0 spiro atoms. The fraction of sp³-hybridized carbons (Fsp3) is 0.167. The third-order valence-electron chi connectivity index (χ3n) is 2.36. The second-order valence-corrected chi connectivity index (χ2v) is 3.97. The van der Waals surface area contributed by atoms with Gasteiger partial charge in [0.2, 0.25) is 0 Å². The van der Waals surface area contributed by atoms with Crippen molar-refractivity contribution in [1.82, 2.24) is 15.1 Å². The normalized spacial score (nSPS) is 10.8. The number of nitrogens with zero attached hydrogens (tertiary/aromatic N) is 3. The van der Waals surface area contributed by atoms with Gasteiger partial charge in [-0.1, -0.05) is 6.07 Å². The lowest BCUT2D eigenvalue weighted by Gasteiger charge is -2.09. The van der Waals surface area contributed by atoms with Gasteiger partial charge in [0, 0.05) is 24.2 Å². The van der Waals surface area contributed by atoms with Crippen LogP contribution in [-0.2, 0) is 6.54 Å². The molecular weight excluding hydrogens is 214 g/mol. The standard InChI is InChI=1S/C12H15N5/c1-9-4-11(7-15-5-9)12-3-2-10(6-16-12)8-17(13)14/h2-7H,8,13-14H2,1H3. The molecule has 0 unspecified atom stereocenters. The van der Waals surface area contributed by atoms with Crippen molar-refractivity contribution in [1.29, 1.82) is 0 Å². The summed E-state index contributed by atoms with van der Waals surface area (Å²) in [6.07, 6.45) is 5.39. The van der Waals surface area contributed by atoms with Crippen LogP contribution >= 0.6 is 0 Å². The van der Waals surface area contributed by atoms with E-state index in [2.05, 4.69) is 9.97 Å². The molecule has 2 aromatic rings. The van der Waals surface area contributed by atoms with Crippen LogP contribution in [0.15, 0.2) is 36.8 Å². The Kier molecular flexibility index (Phi) is 3.43. The zero-order valence-electron chi connectivity index (χ0n) is 9.67. The van der Waals surface area contributed by atoms with Gasteiger partial charge in [0.15, 0.2) is 0 Å². The van der Waals surface area contributed by atoms with Crippen LogP contribution in [-0.4, -0.2) is 15.1 Å². The molecule has 0 aliphatic rings. The smallest absolute Gasteiger partial charge is 0.0717 e. The summed E-state index contributed by atoms with van der Waals surface area (Å²) in [7, 11) is 0. The van der Waals surface area contributed by atoms with E-state index in [-0.39, 0.29) is 0 Å². The molecule has 0 radical (unpaired) electrons. The number of aromatic nitrogens is 2. The van der Waals surface area contributed by atoms with Crippen molar-refractivity contribution < 1.29 is 0 Å². The Balaban J connectivity index is 2.23. The molecule has 4 N–H and O–H groups in total. The highest BCUT2D eigenvalue weighted by Crippen LogP contribution is 2.16. The highest BCUT2D eigenvalue weighted by Gasteiger charge is 2.01. The Morgan fingerprint density at radius 2 is 2.00 bits per heavy atom. The first kappa shape index (κ1) is 11.7. The topological polar surface area (TPSA) is 81.1 Å². The van der Waals surface area contributed by atoms with Gasteiger partial charge in [-0.3, -0.25) is 21.7 Å². The molecule has 0 bridgehead atoms. The molecule has 0 aliphatic carbocycles. The van der Waals surface area contributed by atoms with Crippen molar-refractivity contribution in [3.63, 3.8) is 0 Å². The van der Waals surface area contributed by atoms with Crippen LogP contribution in [0, 0.1) is 6.92 Å². The van der Waals surface area contributed by atoms with Crippen molar-refractivity contribution in [3.05, 3.63) is 47.9 Å². The van der Waals surface area contributed by atoms with E-state index in [1.165, 1.54) is 0 Å². The first-order valence-electron chi connectivity index (χ1n) is 5.29. The van der Waals surface area contributed by atoms with Crippen LogP contribution < -0.4 is 11.7 Å². The van der Waals surface area contributed by atoms with Crippen molar-refractivity contribution >= 4 is 0 Å². The number of hydrogen-bond acceptors (Lipinski definition) is 5. The number of hydrazine groups is 2. The van der Waals surface area contributed by atoms with Crippen molar-refractivity contribution in [2.24, 2.45) is 11.7 Å². The molecular formula is C12H15N5. The second kappa shape index (κ2) is 5.01. The first-order chi connectivity index (χ1) is 8.15. The molecule has 0 aromatic carbocycles. The van der Waals surface area contributed by atoms with E-state index in [4.69, 9.17) is 11.7 Å². The van der Waals surface area contributed by atoms with Crippen LogP contribution in [0.25, 0.3) is 11.3 Å². The molecule has 88 valence electrons. The summed E-state index contributed by atoms with van der Waals surface area (Å²) in [6.45, 7) is 2.48. The minimum Gasteiger partial charge on any atom is -0.264 e. The molecule has 5 heteroatoms. The monoisotopic (exact) mass is 229 g/mol. The number of rotatable bonds is 3. The zero-order valence-corrected chi connectivity index (χ0v) is 9.67. The van der Waals surface area contributed by atoms with Crippen LogP contribution in [0.4, 0.5) is 0 Å². The lowest BCUT2D eigenvalue weighted by molar-refractivity contribution is 0.285. The van der Waals surface area contributed by atoms with E-state index >= 15 is 0 Å². The Labute approximate surface area is 100 Å². The maximum Gasteiger partial charge on any atom is 0.0717 e. The van der Waals surface area contributed by atoms with E-state index in [0.717, 1.165) is 27.5 Å². The molecule has 0 amide bonds. The van der Waals surface area contributed by atoms with E-state index < -0.39 is 0 Å². The Morgan fingerprint density at radius 1 is 1.18 bits per heavy atom. The molecule has 2 aromatic heterocycles. The molecule has 0 saturated heterocycles. The molecule has 5 nitrogen and oxygen atoms in total. The van der Waals surface area contributed by atoms with E-state index in [0.29, 0.717) is 6.54 Å². The summed E-state index contributed by atoms with van der Waals surface area (Å²) in [5.74, 6) is 10.7. The molecule has 2 heterocycles. The Hall–Kier alpha value is -1.82. The first-order valence-corrected chi connectivity index (χ1v) is 5.29. The van der Waals surface area contributed by atoms with Gasteiger partial charge in [0.1, 0.15) is 0 Å². The third-order valence-corrected chi connectivity index (χ3v) is 2.36. The second-order valence-electron chi connectivity index (χ2n) is 3.97. The minimum atomic E-state index is 0.472. The van der Waals surface area contributed by atoms with E-state index in [1.807, 2.05) is 31.3 Å². The van der Waals surface area contributed by atoms with Crippen molar-refractivity contribution in [3.8, 4) is 11.3 Å². The number of pyridine rings is 2. The molecule has 17 heavy (non-hydrogen) atoms. The molecule has 0 aliphatic heterocycles. The Bertz CT molecular complexity index is 493. The van der Waals surface area contributed by atoms with Gasteiger partial charge >= 0.3 is 0 Å². The number of aryl methyl sites for hydroxylation is 1. The third kappa shape index (κ3) is 3.07. The van der Waals surface area contributed by atoms with Crippen LogP contribution in [0.5, 0.6) is 0 Å². The van der Waals surface area contributed by atoms with Crippen molar-refractivity contribution in [2.45, 2.75) is 13.5 Å². The Morgan fingerprint density at radius 3 is 2.59 bits per heavy atom. The molecule has 2 rings (SSSR count). The summed E-state index contributed by atoms with van der Waals surface area (Å²) in [4.78, 5) is 8.51. The molecule has 0 atom stereocenters. The molecule has 0 fully saturated rings. The fourth-order valence-electron chi connectivity index (χ4n) is 1.59. The molecule has 0 saturated carbocycles. The van der Waals surface area contributed by atoms with Gasteiger partial charge in [-0.2, -0.15) is 5.12 Å². The van der Waals surface area contributed by atoms with E-state index in [1.54, 1.807) is 12.4 Å². The number of nitrogens with two attached hydrogens (primary N) is 2. The SMILES string of the molecule is Cc1cncc(-c2ccc(CN(N)N)cn2)c1. The lowest BCUT2D eigenvalue weighted by atomic mass is 10.1. The average molecular weight is 229 g/mol. The predicted molar refractivity (Wildman–Crippen MR) is 66.1 cm³/mol. The van der Waals surface area contributed by atoms with Gasteiger partial charge in [-0.15, -0.1) is 0 Å². The van der Waals surface area contributed by atoms with E-state index in [9.17, 15) is 0 Å². The summed E-state index contributed by atoms with van der Waals surface area (Å²) >= 11 is 0. The minimum absolute atomic E-state index is 0.472. The van der Waals surface area contributed by atoms with Crippen LogP contribution in [0.2, 0.25) is 0 Å². The van der Waals surface area contributed by atoms with Gasteiger partial charge in [0.05, 0.1) is 12.2 Å². The maximum atomic E-state index is 5.37. The summed E-state index contributed by atoms with van der Waals surface area (Å²) < 4.78 is 0. The van der Waals surface area contributed by atoms with Gasteiger partial charge in [-0.05, 0) is 30.2 Å². The lowest BCUT2D eigenvalue weighted by Crippen LogP contribution is -2.36. The predicted octanol–water partition coefficient (Wildman–Crippen LogP) is 1.00. The van der Waals surface area contributed by atoms with Gasteiger partial charge in [-0.25, -0.2) is 0 Å². The highest BCUT2D eigenvalue weighted by atomic mass is 15.6. The fourth-order valence-corrected chi connectivity index (χ4v) is 1.59. The maximum absolute atomic E-state index is 5.37. The van der Waals surface area contributed by atoms with Crippen LogP contribution in [0.1, 0.15) is 11.1 Å². The van der Waals surface area contributed by atoms with Crippen LogP contribution in [0.3, 0.4) is 0 Å².